The van der Waals surface area contributed by atoms with Gasteiger partial charge in [0, 0.05) is 30.6 Å². The molecule has 2 N–H and O–H groups in total. The lowest BCUT2D eigenvalue weighted by atomic mass is 10.1. The molecule has 0 spiro atoms. The van der Waals surface area contributed by atoms with Crippen LogP contribution < -0.4 is 10.6 Å². The van der Waals surface area contributed by atoms with Gasteiger partial charge in [-0.2, -0.15) is 0 Å². The van der Waals surface area contributed by atoms with Gasteiger partial charge in [0.05, 0.1) is 27.7 Å². The molecule has 0 saturated carbocycles. The molecule has 9 heteroatoms. The summed E-state index contributed by atoms with van der Waals surface area (Å²) in [4.78, 5) is 28.8. The molecule has 2 aromatic carbocycles. The van der Waals surface area contributed by atoms with E-state index in [-0.39, 0.29) is 22.9 Å². The minimum absolute atomic E-state index is 0.196. The SMILES string of the molecule is CC(=O)Nc1cc(CS(C)(=O)=O)ccc1C(=O)Nc1ccc(Cl)c(-c2ccccn2)c1. The van der Waals surface area contributed by atoms with Crippen LogP contribution in [0.4, 0.5) is 11.4 Å². The summed E-state index contributed by atoms with van der Waals surface area (Å²) < 4.78 is 23.2. The Bertz CT molecular complexity index is 1240. The number of anilines is 2. The van der Waals surface area contributed by atoms with Crippen molar-refractivity contribution in [2.45, 2.75) is 12.7 Å². The maximum Gasteiger partial charge on any atom is 0.257 e. The average molecular weight is 458 g/mol. The van der Waals surface area contributed by atoms with Crippen LogP contribution in [0.25, 0.3) is 11.3 Å². The fourth-order valence-electron chi connectivity index (χ4n) is 2.99. The fraction of sp³-hybridized carbons (Fsp3) is 0.136. The highest BCUT2D eigenvalue weighted by molar-refractivity contribution is 7.89. The first-order valence-corrected chi connectivity index (χ1v) is 11.7. The molecule has 7 nitrogen and oxygen atoms in total. The number of carbonyl (C=O) groups excluding carboxylic acids is 2. The van der Waals surface area contributed by atoms with Gasteiger partial charge < -0.3 is 10.6 Å². The second kappa shape index (κ2) is 9.28. The molecular formula is C22H20ClN3O4S. The van der Waals surface area contributed by atoms with Crippen LogP contribution in [0.15, 0.2) is 60.8 Å². The highest BCUT2D eigenvalue weighted by atomic mass is 35.5. The number of halogens is 1. The van der Waals surface area contributed by atoms with Gasteiger partial charge in [0.25, 0.3) is 5.91 Å². The normalized spacial score (nSPS) is 11.1. The summed E-state index contributed by atoms with van der Waals surface area (Å²) in [5, 5.41) is 5.86. The van der Waals surface area contributed by atoms with Crippen molar-refractivity contribution < 1.29 is 18.0 Å². The summed E-state index contributed by atoms with van der Waals surface area (Å²) in [6.07, 6.45) is 2.76. The van der Waals surface area contributed by atoms with Crippen LogP contribution in [0, 0.1) is 0 Å². The lowest BCUT2D eigenvalue weighted by molar-refractivity contribution is -0.114. The summed E-state index contributed by atoms with van der Waals surface area (Å²) in [6.45, 7) is 1.31. The summed E-state index contributed by atoms with van der Waals surface area (Å²) in [5.74, 6) is -1.05. The molecule has 0 aliphatic heterocycles. The Morgan fingerprint density at radius 1 is 1.03 bits per heavy atom. The van der Waals surface area contributed by atoms with Crippen LogP contribution in [0.5, 0.6) is 0 Å². The molecule has 0 bridgehead atoms. The topological polar surface area (TPSA) is 105 Å². The van der Waals surface area contributed by atoms with Crippen molar-refractivity contribution >= 4 is 44.6 Å². The molecule has 0 radical (unpaired) electrons. The van der Waals surface area contributed by atoms with Crippen molar-refractivity contribution in [1.82, 2.24) is 4.98 Å². The number of amides is 2. The Morgan fingerprint density at radius 3 is 2.45 bits per heavy atom. The van der Waals surface area contributed by atoms with Crippen LogP contribution in [-0.2, 0) is 20.4 Å². The molecule has 0 saturated heterocycles. The highest BCUT2D eigenvalue weighted by Gasteiger charge is 2.16. The van der Waals surface area contributed by atoms with Crippen LogP contribution in [-0.4, -0.2) is 31.5 Å². The second-order valence-corrected chi connectivity index (χ2v) is 9.54. The average Bonchev–Trinajstić information content (AvgIpc) is 2.68. The van der Waals surface area contributed by atoms with Crippen LogP contribution in [0.1, 0.15) is 22.8 Å². The standard InChI is InChI=1S/C22H20ClN3O4S/c1-14(27)25-21-11-15(13-31(2,29)30)6-8-17(21)22(28)26-16-7-9-19(23)18(12-16)20-5-3-4-10-24-20/h3-12H,13H2,1-2H3,(H,25,27)(H,26,28). The predicted molar refractivity (Wildman–Crippen MR) is 122 cm³/mol. The fourth-order valence-corrected chi connectivity index (χ4v) is 3.99. The summed E-state index contributed by atoms with van der Waals surface area (Å²) in [6, 6.07) is 15.0. The molecule has 0 atom stereocenters. The quantitative estimate of drug-likeness (QED) is 0.578. The van der Waals surface area contributed by atoms with Gasteiger partial charge in [0.2, 0.25) is 5.91 Å². The number of aromatic nitrogens is 1. The minimum atomic E-state index is -3.27. The van der Waals surface area contributed by atoms with Crippen molar-refractivity contribution in [3.8, 4) is 11.3 Å². The van der Waals surface area contributed by atoms with Gasteiger partial charge in [-0.1, -0.05) is 23.7 Å². The lowest BCUT2D eigenvalue weighted by Gasteiger charge is -2.13. The number of sulfone groups is 1. The van der Waals surface area contributed by atoms with Crippen molar-refractivity contribution in [3.63, 3.8) is 0 Å². The highest BCUT2D eigenvalue weighted by Crippen LogP contribution is 2.30. The number of benzene rings is 2. The number of hydrogen-bond donors (Lipinski definition) is 2. The zero-order valence-electron chi connectivity index (χ0n) is 16.8. The Kier molecular flexibility index (Phi) is 6.72. The van der Waals surface area contributed by atoms with E-state index < -0.39 is 15.7 Å². The van der Waals surface area contributed by atoms with Gasteiger partial charge in [-0.3, -0.25) is 14.6 Å². The van der Waals surface area contributed by atoms with E-state index in [4.69, 9.17) is 11.6 Å². The molecular weight excluding hydrogens is 438 g/mol. The number of nitrogens with one attached hydrogen (secondary N) is 2. The third kappa shape index (κ3) is 6.13. The molecule has 0 aliphatic rings. The Labute approximate surface area is 185 Å². The van der Waals surface area contributed by atoms with E-state index in [2.05, 4.69) is 15.6 Å². The lowest BCUT2D eigenvalue weighted by Crippen LogP contribution is -2.17. The van der Waals surface area contributed by atoms with E-state index in [9.17, 15) is 18.0 Å². The van der Waals surface area contributed by atoms with Gasteiger partial charge in [-0.05, 0) is 48.0 Å². The number of hydrogen-bond acceptors (Lipinski definition) is 5. The number of nitrogens with zero attached hydrogens (tertiary/aromatic N) is 1. The van der Waals surface area contributed by atoms with Crippen molar-refractivity contribution in [3.05, 3.63) is 76.9 Å². The predicted octanol–water partition coefficient (Wildman–Crippen LogP) is 4.16. The maximum absolute atomic E-state index is 12.9. The minimum Gasteiger partial charge on any atom is -0.326 e. The van der Waals surface area contributed by atoms with Crippen molar-refractivity contribution in [2.24, 2.45) is 0 Å². The number of carbonyl (C=O) groups is 2. The first-order chi connectivity index (χ1) is 14.6. The van der Waals surface area contributed by atoms with E-state index in [1.54, 1.807) is 36.5 Å². The number of rotatable bonds is 6. The van der Waals surface area contributed by atoms with Crippen LogP contribution in [0.3, 0.4) is 0 Å². The largest absolute Gasteiger partial charge is 0.326 e. The molecule has 2 amide bonds. The van der Waals surface area contributed by atoms with Gasteiger partial charge in [0.1, 0.15) is 0 Å². The molecule has 1 aromatic heterocycles. The van der Waals surface area contributed by atoms with E-state index >= 15 is 0 Å². The Hall–Kier alpha value is -3.23. The van der Waals surface area contributed by atoms with E-state index in [0.29, 0.717) is 27.5 Å². The smallest absolute Gasteiger partial charge is 0.257 e. The number of pyridine rings is 1. The zero-order chi connectivity index (χ0) is 22.6. The molecule has 3 aromatic rings. The molecule has 31 heavy (non-hydrogen) atoms. The summed E-state index contributed by atoms with van der Waals surface area (Å²) >= 11 is 6.29. The maximum atomic E-state index is 12.9. The molecule has 160 valence electrons. The van der Waals surface area contributed by atoms with Crippen LogP contribution >= 0.6 is 11.6 Å². The van der Waals surface area contributed by atoms with Crippen LogP contribution in [0.2, 0.25) is 5.02 Å². The third-order valence-electron chi connectivity index (χ3n) is 4.23. The van der Waals surface area contributed by atoms with Gasteiger partial charge in [-0.15, -0.1) is 0 Å². The Morgan fingerprint density at radius 2 is 1.81 bits per heavy atom. The van der Waals surface area contributed by atoms with Gasteiger partial charge >= 0.3 is 0 Å². The first kappa shape index (κ1) is 22.5. The third-order valence-corrected chi connectivity index (χ3v) is 5.42. The van der Waals surface area contributed by atoms with Gasteiger partial charge in [0.15, 0.2) is 9.84 Å². The zero-order valence-corrected chi connectivity index (χ0v) is 18.4. The summed E-state index contributed by atoms with van der Waals surface area (Å²) in [7, 11) is -3.27. The molecule has 0 fully saturated rings. The monoisotopic (exact) mass is 457 g/mol. The van der Waals surface area contributed by atoms with E-state index in [0.717, 1.165) is 6.26 Å². The molecule has 3 rings (SSSR count). The Balaban J connectivity index is 1.91. The van der Waals surface area contributed by atoms with E-state index in [1.165, 1.54) is 19.1 Å². The van der Waals surface area contributed by atoms with Crippen molar-refractivity contribution in [1.29, 1.82) is 0 Å². The molecule has 0 aliphatic carbocycles. The first-order valence-electron chi connectivity index (χ1n) is 9.23. The second-order valence-electron chi connectivity index (χ2n) is 6.99. The molecule has 1 heterocycles. The summed E-state index contributed by atoms with van der Waals surface area (Å²) in [5.41, 5.74) is 2.70. The molecule has 0 unspecified atom stereocenters. The van der Waals surface area contributed by atoms with E-state index in [1.807, 2.05) is 12.1 Å². The van der Waals surface area contributed by atoms with Gasteiger partial charge in [-0.25, -0.2) is 8.42 Å². The van der Waals surface area contributed by atoms with Crippen molar-refractivity contribution in [2.75, 3.05) is 16.9 Å².